The molecule has 0 amide bonds. The van der Waals surface area contributed by atoms with Crippen LogP contribution < -0.4 is 0 Å². The van der Waals surface area contributed by atoms with Crippen LogP contribution in [0.2, 0.25) is 0 Å². The lowest BCUT2D eigenvalue weighted by Crippen LogP contribution is -2.00. The Hall–Kier alpha value is -6.92. The molecule has 0 aliphatic heterocycles. The number of hydrogen-bond donors (Lipinski definition) is 0. The Kier molecular flexibility index (Phi) is 6.39. The summed E-state index contributed by atoms with van der Waals surface area (Å²) in [4.78, 5) is 19.9. The van der Waals surface area contributed by atoms with Gasteiger partial charge in [-0.3, -0.25) is 0 Å². The molecule has 0 atom stereocenters. The first kappa shape index (κ1) is 28.1. The van der Waals surface area contributed by atoms with Crippen molar-refractivity contribution < 1.29 is 8.83 Å². The monoisotopic (exact) mass is 642 g/mol. The van der Waals surface area contributed by atoms with E-state index < -0.39 is 0 Å². The van der Waals surface area contributed by atoms with Gasteiger partial charge in [0.2, 0.25) is 5.89 Å². The summed E-state index contributed by atoms with van der Waals surface area (Å²) in [5.41, 5.74) is 8.82. The lowest BCUT2D eigenvalue weighted by atomic mass is 10.00. The quantitative estimate of drug-likeness (QED) is 0.186. The zero-order valence-electron chi connectivity index (χ0n) is 26.6. The second-order valence-electron chi connectivity index (χ2n) is 12.3. The van der Waals surface area contributed by atoms with Gasteiger partial charge < -0.3 is 8.83 Å². The Morgan fingerprint density at radius 1 is 0.360 bits per heavy atom. The lowest BCUT2D eigenvalue weighted by Gasteiger charge is -2.10. The summed E-state index contributed by atoms with van der Waals surface area (Å²) in [6.07, 6.45) is 0. The Morgan fingerprint density at radius 2 is 0.980 bits per heavy atom. The maximum absolute atomic E-state index is 6.40. The molecule has 0 N–H and O–H groups in total. The molecule has 6 heteroatoms. The SMILES string of the molecule is c1ccc(-c2ccc3cc(-c4nc(-c5ccccc5)nc(-c5cccc6oc7cc8nc(-c9ccccc9)oc8cc7c56)n4)ccc3c2)cc1. The normalized spacial score (nSPS) is 11.6. The van der Waals surface area contributed by atoms with Crippen LogP contribution in [0.15, 0.2) is 167 Å². The minimum absolute atomic E-state index is 0.560. The van der Waals surface area contributed by atoms with Crippen LogP contribution in [0.5, 0.6) is 0 Å². The number of benzene rings is 7. The van der Waals surface area contributed by atoms with Crippen LogP contribution >= 0.6 is 0 Å². The van der Waals surface area contributed by atoms with Crippen LogP contribution in [0, 0.1) is 0 Å². The Balaban J connectivity index is 1.14. The highest BCUT2D eigenvalue weighted by molar-refractivity contribution is 6.14. The van der Waals surface area contributed by atoms with E-state index in [1.165, 1.54) is 11.1 Å². The van der Waals surface area contributed by atoms with Gasteiger partial charge in [-0.1, -0.05) is 115 Å². The van der Waals surface area contributed by atoms with Crippen LogP contribution in [-0.2, 0) is 0 Å². The van der Waals surface area contributed by atoms with E-state index in [0.717, 1.165) is 60.5 Å². The minimum Gasteiger partial charge on any atom is -0.456 e. The molecule has 7 aromatic carbocycles. The average molecular weight is 643 g/mol. The molecule has 10 aromatic rings. The number of fused-ring (bicyclic) bond motifs is 5. The fourth-order valence-electron chi connectivity index (χ4n) is 6.67. The second kappa shape index (κ2) is 11.4. The topological polar surface area (TPSA) is 77.8 Å². The summed E-state index contributed by atoms with van der Waals surface area (Å²) < 4.78 is 12.7. The molecule has 234 valence electrons. The van der Waals surface area contributed by atoms with Gasteiger partial charge in [-0.15, -0.1) is 0 Å². The van der Waals surface area contributed by atoms with Crippen molar-refractivity contribution in [3.63, 3.8) is 0 Å². The Bertz CT molecular complexity index is 2860. The molecule has 3 heterocycles. The Morgan fingerprint density at radius 3 is 1.72 bits per heavy atom. The highest BCUT2D eigenvalue weighted by Crippen LogP contribution is 2.39. The van der Waals surface area contributed by atoms with Crippen molar-refractivity contribution in [3.8, 4) is 56.7 Å². The predicted octanol–water partition coefficient (Wildman–Crippen LogP) is 11.4. The van der Waals surface area contributed by atoms with E-state index in [-0.39, 0.29) is 0 Å². The van der Waals surface area contributed by atoms with Crippen molar-refractivity contribution in [2.45, 2.75) is 0 Å². The molecule has 0 fully saturated rings. The summed E-state index contributed by atoms with van der Waals surface area (Å²) in [7, 11) is 0. The second-order valence-corrected chi connectivity index (χ2v) is 12.3. The van der Waals surface area contributed by atoms with E-state index in [0.29, 0.717) is 28.9 Å². The summed E-state index contributed by atoms with van der Waals surface area (Å²) in [6.45, 7) is 0. The predicted molar refractivity (Wildman–Crippen MR) is 199 cm³/mol. The van der Waals surface area contributed by atoms with E-state index in [4.69, 9.17) is 28.8 Å². The third-order valence-electron chi connectivity index (χ3n) is 9.14. The molecule has 0 aliphatic carbocycles. The summed E-state index contributed by atoms with van der Waals surface area (Å²) in [5, 5.41) is 4.07. The molecule has 6 nitrogen and oxygen atoms in total. The fraction of sp³-hybridized carbons (Fsp3) is 0. The third kappa shape index (κ3) is 4.81. The fourth-order valence-corrected chi connectivity index (χ4v) is 6.67. The molecule has 0 unspecified atom stereocenters. The zero-order chi connectivity index (χ0) is 33.0. The first-order valence-electron chi connectivity index (χ1n) is 16.5. The molecule has 3 aromatic heterocycles. The van der Waals surface area contributed by atoms with Crippen LogP contribution in [0.4, 0.5) is 0 Å². The van der Waals surface area contributed by atoms with Gasteiger partial charge in [0, 0.05) is 39.1 Å². The van der Waals surface area contributed by atoms with E-state index in [9.17, 15) is 0 Å². The third-order valence-corrected chi connectivity index (χ3v) is 9.14. The van der Waals surface area contributed by atoms with Crippen molar-refractivity contribution in [3.05, 3.63) is 158 Å². The van der Waals surface area contributed by atoms with E-state index >= 15 is 0 Å². The van der Waals surface area contributed by atoms with Crippen molar-refractivity contribution in [2.75, 3.05) is 0 Å². The molecule has 0 spiro atoms. The highest BCUT2D eigenvalue weighted by atomic mass is 16.4. The van der Waals surface area contributed by atoms with Gasteiger partial charge in [0.25, 0.3) is 0 Å². The van der Waals surface area contributed by atoms with Gasteiger partial charge in [-0.2, -0.15) is 0 Å². The average Bonchev–Trinajstić information content (AvgIpc) is 3.78. The maximum Gasteiger partial charge on any atom is 0.227 e. The number of oxazole rings is 1. The van der Waals surface area contributed by atoms with Crippen molar-refractivity contribution in [1.82, 2.24) is 19.9 Å². The van der Waals surface area contributed by atoms with Crippen molar-refractivity contribution in [1.29, 1.82) is 0 Å². The first-order valence-corrected chi connectivity index (χ1v) is 16.5. The molecular formula is C44H26N4O2. The molecule has 50 heavy (non-hydrogen) atoms. The zero-order valence-corrected chi connectivity index (χ0v) is 26.6. The van der Waals surface area contributed by atoms with E-state index in [2.05, 4.69) is 60.7 Å². The number of aromatic nitrogens is 4. The van der Waals surface area contributed by atoms with Gasteiger partial charge in [-0.25, -0.2) is 19.9 Å². The molecule has 0 aliphatic rings. The minimum atomic E-state index is 0.560. The molecular weight excluding hydrogens is 617 g/mol. The molecule has 0 saturated heterocycles. The smallest absolute Gasteiger partial charge is 0.227 e. The van der Waals surface area contributed by atoms with Crippen LogP contribution in [0.25, 0.3) is 101 Å². The van der Waals surface area contributed by atoms with Crippen molar-refractivity contribution in [2.24, 2.45) is 0 Å². The number of nitrogens with zero attached hydrogens (tertiary/aromatic N) is 4. The number of furan rings is 1. The van der Waals surface area contributed by atoms with Gasteiger partial charge in [-0.05, 0) is 58.3 Å². The summed E-state index contributed by atoms with van der Waals surface area (Å²) in [5.74, 6) is 2.32. The summed E-state index contributed by atoms with van der Waals surface area (Å²) >= 11 is 0. The standard InChI is InChI=1S/C44H26N4O2/c1-4-11-27(12-5-1)30-19-20-32-24-33(22-21-31(32)23-30)42-46-41(28-13-6-2-7-14-28)47-43(48-42)34-17-10-18-37-40(34)35-25-39-36(26-38(35)49-37)45-44(50-39)29-15-8-3-9-16-29/h1-26H. The van der Waals surface area contributed by atoms with Crippen LogP contribution in [-0.4, -0.2) is 19.9 Å². The van der Waals surface area contributed by atoms with Crippen LogP contribution in [0.1, 0.15) is 0 Å². The van der Waals surface area contributed by atoms with Gasteiger partial charge >= 0.3 is 0 Å². The van der Waals surface area contributed by atoms with E-state index in [1.54, 1.807) is 0 Å². The highest BCUT2D eigenvalue weighted by Gasteiger charge is 2.20. The van der Waals surface area contributed by atoms with Gasteiger partial charge in [0.05, 0.1) is 0 Å². The molecule has 0 saturated carbocycles. The molecule has 0 radical (unpaired) electrons. The molecule has 10 rings (SSSR count). The number of rotatable bonds is 5. The van der Waals surface area contributed by atoms with Gasteiger partial charge in [0.15, 0.2) is 23.1 Å². The Labute approximate surface area is 286 Å². The summed E-state index contributed by atoms with van der Waals surface area (Å²) in [6, 6.07) is 53.2. The van der Waals surface area contributed by atoms with Crippen molar-refractivity contribution >= 4 is 43.8 Å². The van der Waals surface area contributed by atoms with E-state index in [1.807, 2.05) is 97.1 Å². The number of hydrogen-bond acceptors (Lipinski definition) is 6. The van der Waals surface area contributed by atoms with Crippen LogP contribution in [0.3, 0.4) is 0 Å². The maximum atomic E-state index is 6.40. The van der Waals surface area contributed by atoms with Gasteiger partial charge in [0.1, 0.15) is 16.7 Å². The molecule has 0 bridgehead atoms. The first-order chi connectivity index (χ1) is 24.7. The lowest BCUT2D eigenvalue weighted by molar-refractivity contribution is 0.620. The largest absolute Gasteiger partial charge is 0.456 e.